The van der Waals surface area contributed by atoms with Crippen molar-refractivity contribution >= 4 is 5.78 Å². The van der Waals surface area contributed by atoms with Crippen molar-refractivity contribution < 1.29 is 4.79 Å². The zero-order valence-electron chi connectivity index (χ0n) is 12.5. The minimum atomic E-state index is 0.0712. The number of benzene rings is 2. The molecular formula is C19H20N2O. The summed E-state index contributed by atoms with van der Waals surface area (Å²) in [5.41, 5.74) is 2.53. The lowest BCUT2D eigenvalue weighted by Gasteiger charge is -2.24. The van der Waals surface area contributed by atoms with Gasteiger partial charge in [-0.05, 0) is 5.56 Å². The Bertz CT molecular complexity index is 666. The fourth-order valence-corrected chi connectivity index (χ4v) is 2.96. The van der Waals surface area contributed by atoms with Crippen LogP contribution < -0.4 is 5.32 Å². The summed E-state index contributed by atoms with van der Waals surface area (Å²) in [6, 6.07) is 17.3. The molecule has 2 aromatic carbocycles. The van der Waals surface area contributed by atoms with Crippen LogP contribution in [0, 0.1) is 0 Å². The van der Waals surface area contributed by atoms with Gasteiger partial charge in [-0.25, -0.2) is 0 Å². The van der Waals surface area contributed by atoms with Crippen LogP contribution in [0.1, 0.15) is 27.7 Å². The van der Waals surface area contributed by atoms with Gasteiger partial charge in [0.2, 0.25) is 0 Å². The average Bonchev–Trinajstić information content (AvgIpc) is 3.03. The van der Waals surface area contributed by atoms with E-state index in [0.717, 1.165) is 36.3 Å². The first-order chi connectivity index (χ1) is 10.8. The van der Waals surface area contributed by atoms with Crippen LogP contribution in [0.4, 0.5) is 0 Å². The molecule has 0 amide bonds. The molecule has 1 saturated heterocycles. The molecule has 22 heavy (non-hydrogen) atoms. The van der Waals surface area contributed by atoms with Crippen molar-refractivity contribution in [2.75, 3.05) is 19.6 Å². The Morgan fingerprint density at radius 1 is 1.18 bits per heavy atom. The molecule has 1 N–H and O–H groups in total. The largest absolute Gasteiger partial charge is 0.297 e. The van der Waals surface area contributed by atoms with Gasteiger partial charge in [0.1, 0.15) is 0 Å². The SMILES string of the molecule is C=CCN1CCNC1c1ccccc1C(=O)c1ccccc1. The van der Waals surface area contributed by atoms with E-state index in [4.69, 9.17) is 0 Å². The standard InChI is InChI=1S/C19H20N2O/c1-2-13-21-14-12-20-19(21)17-11-7-6-10-16(17)18(22)15-8-4-3-5-9-15/h2-11,19-20H,1,12-14H2. The van der Waals surface area contributed by atoms with Gasteiger partial charge in [0.25, 0.3) is 0 Å². The van der Waals surface area contributed by atoms with Gasteiger partial charge in [-0.2, -0.15) is 0 Å². The van der Waals surface area contributed by atoms with E-state index >= 15 is 0 Å². The third kappa shape index (κ3) is 2.86. The van der Waals surface area contributed by atoms with E-state index in [1.165, 1.54) is 0 Å². The number of rotatable bonds is 5. The van der Waals surface area contributed by atoms with Crippen LogP contribution in [0.25, 0.3) is 0 Å². The highest BCUT2D eigenvalue weighted by molar-refractivity contribution is 6.10. The van der Waals surface area contributed by atoms with Gasteiger partial charge in [0, 0.05) is 30.8 Å². The van der Waals surface area contributed by atoms with Crippen LogP contribution in [0.2, 0.25) is 0 Å². The summed E-state index contributed by atoms with van der Waals surface area (Å²) >= 11 is 0. The fourth-order valence-electron chi connectivity index (χ4n) is 2.96. The van der Waals surface area contributed by atoms with Gasteiger partial charge in [-0.1, -0.05) is 60.7 Å². The summed E-state index contributed by atoms with van der Waals surface area (Å²) in [7, 11) is 0. The van der Waals surface area contributed by atoms with Crippen molar-refractivity contribution in [2.45, 2.75) is 6.17 Å². The molecule has 1 heterocycles. The van der Waals surface area contributed by atoms with Crippen molar-refractivity contribution in [3.05, 3.63) is 83.9 Å². The van der Waals surface area contributed by atoms with E-state index in [2.05, 4.69) is 16.8 Å². The molecule has 2 aromatic rings. The van der Waals surface area contributed by atoms with Crippen LogP contribution in [0.3, 0.4) is 0 Å². The maximum atomic E-state index is 12.8. The Morgan fingerprint density at radius 2 is 1.91 bits per heavy atom. The first-order valence-corrected chi connectivity index (χ1v) is 7.58. The van der Waals surface area contributed by atoms with Gasteiger partial charge in [0.15, 0.2) is 5.78 Å². The highest BCUT2D eigenvalue weighted by Gasteiger charge is 2.27. The lowest BCUT2D eigenvalue weighted by atomic mass is 9.96. The zero-order valence-corrected chi connectivity index (χ0v) is 12.5. The number of ketones is 1. The van der Waals surface area contributed by atoms with Gasteiger partial charge >= 0.3 is 0 Å². The fraction of sp³-hybridized carbons (Fsp3) is 0.211. The molecule has 1 fully saturated rings. The third-order valence-electron chi connectivity index (χ3n) is 4.00. The van der Waals surface area contributed by atoms with Gasteiger partial charge in [-0.3, -0.25) is 15.0 Å². The highest BCUT2D eigenvalue weighted by atomic mass is 16.1. The first-order valence-electron chi connectivity index (χ1n) is 7.58. The molecule has 1 aliphatic heterocycles. The number of hydrogen-bond acceptors (Lipinski definition) is 3. The molecule has 0 aliphatic carbocycles. The van der Waals surface area contributed by atoms with Crippen LogP contribution >= 0.6 is 0 Å². The Morgan fingerprint density at radius 3 is 2.68 bits per heavy atom. The molecule has 1 unspecified atom stereocenters. The second kappa shape index (κ2) is 6.69. The van der Waals surface area contributed by atoms with Gasteiger partial charge < -0.3 is 0 Å². The lowest BCUT2D eigenvalue weighted by molar-refractivity contribution is 0.103. The maximum absolute atomic E-state index is 12.8. The molecule has 0 bridgehead atoms. The maximum Gasteiger partial charge on any atom is 0.193 e. The van der Waals surface area contributed by atoms with Crippen molar-refractivity contribution in [1.82, 2.24) is 10.2 Å². The van der Waals surface area contributed by atoms with E-state index in [0.29, 0.717) is 0 Å². The predicted octanol–water partition coefficient (Wildman–Crippen LogP) is 3.01. The van der Waals surface area contributed by atoms with Crippen LogP contribution in [0.15, 0.2) is 67.3 Å². The van der Waals surface area contributed by atoms with Crippen LogP contribution in [-0.2, 0) is 0 Å². The molecule has 0 aromatic heterocycles. The van der Waals surface area contributed by atoms with Crippen LogP contribution in [-0.4, -0.2) is 30.3 Å². The Labute approximate surface area is 131 Å². The van der Waals surface area contributed by atoms with E-state index in [-0.39, 0.29) is 11.9 Å². The van der Waals surface area contributed by atoms with Gasteiger partial charge in [0.05, 0.1) is 6.17 Å². The Balaban J connectivity index is 1.96. The smallest absolute Gasteiger partial charge is 0.193 e. The number of nitrogens with one attached hydrogen (secondary N) is 1. The molecule has 1 aliphatic rings. The summed E-state index contributed by atoms with van der Waals surface area (Å²) in [6.45, 7) is 6.52. The predicted molar refractivity (Wildman–Crippen MR) is 88.8 cm³/mol. The number of carbonyl (C=O) groups is 1. The van der Waals surface area contributed by atoms with Crippen molar-refractivity contribution in [1.29, 1.82) is 0 Å². The number of hydrogen-bond donors (Lipinski definition) is 1. The highest BCUT2D eigenvalue weighted by Crippen LogP contribution is 2.26. The minimum Gasteiger partial charge on any atom is -0.297 e. The minimum absolute atomic E-state index is 0.0712. The van der Waals surface area contributed by atoms with Crippen LogP contribution in [0.5, 0.6) is 0 Å². The van der Waals surface area contributed by atoms with Crippen molar-refractivity contribution in [3.63, 3.8) is 0 Å². The summed E-state index contributed by atoms with van der Waals surface area (Å²) in [6.07, 6.45) is 1.98. The second-order valence-electron chi connectivity index (χ2n) is 5.42. The Kier molecular flexibility index (Phi) is 4.47. The second-order valence-corrected chi connectivity index (χ2v) is 5.42. The normalized spacial score (nSPS) is 18.3. The third-order valence-corrected chi connectivity index (χ3v) is 4.00. The summed E-state index contributed by atoms with van der Waals surface area (Å²) in [5.74, 6) is 0.0726. The Hall–Kier alpha value is -2.23. The zero-order chi connectivity index (χ0) is 15.4. The topological polar surface area (TPSA) is 32.3 Å². The van der Waals surface area contributed by atoms with Gasteiger partial charge in [-0.15, -0.1) is 6.58 Å². The molecule has 3 heteroatoms. The molecular weight excluding hydrogens is 272 g/mol. The molecule has 112 valence electrons. The molecule has 3 nitrogen and oxygen atoms in total. The lowest BCUT2D eigenvalue weighted by Crippen LogP contribution is -2.29. The molecule has 0 saturated carbocycles. The number of nitrogens with zero attached hydrogens (tertiary/aromatic N) is 1. The summed E-state index contributed by atoms with van der Waals surface area (Å²) < 4.78 is 0. The molecule has 1 atom stereocenters. The summed E-state index contributed by atoms with van der Waals surface area (Å²) in [4.78, 5) is 15.1. The molecule has 3 rings (SSSR count). The monoisotopic (exact) mass is 292 g/mol. The molecule has 0 radical (unpaired) electrons. The van der Waals surface area contributed by atoms with E-state index in [1.807, 2.05) is 60.7 Å². The average molecular weight is 292 g/mol. The number of carbonyl (C=O) groups excluding carboxylic acids is 1. The summed E-state index contributed by atoms with van der Waals surface area (Å²) in [5, 5.41) is 3.48. The van der Waals surface area contributed by atoms with Crippen molar-refractivity contribution in [3.8, 4) is 0 Å². The van der Waals surface area contributed by atoms with E-state index in [1.54, 1.807) is 0 Å². The van der Waals surface area contributed by atoms with E-state index < -0.39 is 0 Å². The first kappa shape index (κ1) is 14.7. The molecule has 0 spiro atoms. The quantitative estimate of drug-likeness (QED) is 0.679. The van der Waals surface area contributed by atoms with E-state index in [9.17, 15) is 4.79 Å². The van der Waals surface area contributed by atoms with Crippen molar-refractivity contribution in [2.24, 2.45) is 0 Å².